The number of hydrogen-bond acceptors (Lipinski definition) is 4. The van der Waals surface area contributed by atoms with Gasteiger partial charge in [0.15, 0.2) is 5.82 Å². The van der Waals surface area contributed by atoms with Crippen LogP contribution in [0.15, 0.2) is 192 Å². The van der Waals surface area contributed by atoms with Crippen LogP contribution in [-0.2, 0) is 0 Å². The van der Waals surface area contributed by atoms with Crippen molar-refractivity contribution >= 4 is 54.4 Å². The van der Waals surface area contributed by atoms with Gasteiger partial charge >= 0.3 is 0 Å². The van der Waals surface area contributed by atoms with Gasteiger partial charge < -0.3 is 4.42 Å². The Kier molecular flexibility index (Phi) is 7.14. The Balaban J connectivity index is 1.05. The first kappa shape index (κ1) is 31.1. The maximum atomic E-state index is 6.73. The van der Waals surface area contributed by atoms with Gasteiger partial charge in [-0.25, -0.2) is 15.0 Å². The van der Waals surface area contributed by atoms with Crippen LogP contribution >= 0.6 is 0 Å². The van der Waals surface area contributed by atoms with Gasteiger partial charge in [-0.1, -0.05) is 158 Å². The third-order valence-electron chi connectivity index (χ3n) is 10.7. The number of furan rings is 1. The van der Waals surface area contributed by atoms with Crippen LogP contribution in [0.25, 0.3) is 111 Å². The SMILES string of the molecule is c1ccc(-c2cc(-c3ccccc3)nc(-c3ccc(-c4ccc5nc(-c6cc7ccccc7c7ccccc67)c6c7ccccc7oc6c5c4)cc3)n2)cc1. The van der Waals surface area contributed by atoms with E-state index in [0.717, 1.165) is 83.3 Å². The number of pyridine rings is 1. The number of hydrogen-bond donors (Lipinski definition) is 0. The lowest BCUT2D eigenvalue weighted by Gasteiger charge is -2.13. The van der Waals surface area contributed by atoms with E-state index in [9.17, 15) is 0 Å². The van der Waals surface area contributed by atoms with Gasteiger partial charge in [0.25, 0.3) is 0 Å². The predicted octanol–water partition coefficient (Wildman–Crippen LogP) is 13.6. The molecule has 0 aliphatic carbocycles. The van der Waals surface area contributed by atoms with Crippen LogP contribution in [0, 0.1) is 0 Å². The fraction of sp³-hybridized carbons (Fsp3) is 0. The standard InChI is InChI=1S/C51H31N3O/c1-3-13-33(14-4-1)45-31-46(34-15-5-2-6-16-34)54-51(53-45)35-25-23-32(24-26-35)36-27-28-44-43(29-36)50-48(41-21-11-12-22-47(41)55-50)49(52-44)42-30-37-17-7-8-18-38(37)39-19-9-10-20-40(39)42/h1-31H. The van der Waals surface area contributed by atoms with Crippen molar-refractivity contribution in [2.45, 2.75) is 0 Å². The minimum absolute atomic E-state index is 0.687. The van der Waals surface area contributed by atoms with E-state index in [1.807, 2.05) is 48.5 Å². The molecular formula is C51H31N3O. The maximum absolute atomic E-state index is 6.73. The Morgan fingerprint density at radius 1 is 0.364 bits per heavy atom. The molecule has 0 atom stereocenters. The molecule has 0 bridgehead atoms. The van der Waals surface area contributed by atoms with Crippen molar-refractivity contribution in [3.63, 3.8) is 0 Å². The highest BCUT2D eigenvalue weighted by Crippen LogP contribution is 2.43. The Bertz CT molecular complexity index is 3180. The summed E-state index contributed by atoms with van der Waals surface area (Å²) in [6.07, 6.45) is 0. The van der Waals surface area contributed by atoms with E-state index in [2.05, 4.69) is 140 Å². The molecule has 0 fully saturated rings. The summed E-state index contributed by atoms with van der Waals surface area (Å²) in [5.74, 6) is 0.687. The molecule has 3 heterocycles. The molecule has 0 saturated carbocycles. The minimum atomic E-state index is 0.687. The molecule has 11 aromatic rings. The second kappa shape index (κ2) is 12.6. The zero-order chi connectivity index (χ0) is 36.3. The molecule has 0 N–H and O–H groups in total. The predicted molar refractivity (Wildman–Crippen MR) is 227 cm³/mol. The van der Waals surface area contributed by atoms with Crippen LogP contribution in [0.4, 0.5) is 0 Å². The summed E-state index contributed by atoms with van der Waals surface area (Å²) in [6.45, 7) is 0. The lowest BCUT2D eigenvalue weighted by atomic mass is 9.93. The summed E-state index contributed by atoms with van der Waals surface area (Å²) in [4.78, 5) is 15.5. The summed E-state index contributed by atoms with van der Waals surface area (Å²) in [7, 11) is 0. The van der Waals surface area contributed by atoms with Crippen LogP contribution in [0.5, 0.6) is 0 Å². The lowest BCUT2D eigenvalue weighted by molar-refractivity contribution is 0.672. The van der Waals surface area contributed by atoms with Crippen molar-refractivity contribution in [2.24, 2.45) is 0 Å². The normalized spacial score (nSPS) is 11.6. The molecule has 0 unspecified atom stereocenters. The van der Waals surface area contributed by atoms with Gasteiger partial charge in [0.2, 0.25) is 0 Å². The van der Waals surface area contributed by atoms with Crippen LogP contribution in [-0.4, -0.2) is 15.0 Å². The van der Waals surface area contributed by atoms with Crippen LogP contribution in [0.2, 0.25) is 0 Å². The molecule has 4 heteroatoms. The smallest absolute Gasteiger partial charge is 0.160 e. The van der Waals surface area contributed by atoms with Crippen molar-refractivity contribution < 1.29 is 4.42 Å². The molecule has 0 saturated heterocycles. The molecule has 8 aromatic carbocycles. The number of benzene rings is 8. The second-order valence-corrected chi connectivity index (χ2v) is 14.0. The van der Waals surface area contributed by atoms with Gasteiger partial charge in [-0.15, -0.1) is 0 Å². The van der Waals surface area contributed by atoms with Crippen molar-refractivity contribution in [1.29, 1.82) is 0 Å². The van der Waals surface area contributed by atoms with Crippen LogP contribution in [0.3, 0.4) is 0 Å². The zero-order valence-electron chi connectivity index (χ0n) is 29.6. The summed E-state index contributed by atoms with van der Waals surface area (Å²) in [5, 5.41) is 7.87. The molecule has 11 rings (SSSR count). The van der Waals surface area contributed by atoms with Crippen molar-refractivity contribution in [3.05, 3.63) is 188 Å². The van der Waals surface area contributed by atoms with Gasteiger partial charge in [-0.3, -0.25) is 0 Å². The van der Waals surface area contributed by atoms with Gasteiger partial charge in [0, 0.05) is 33.0 Å². The Labute approximate surface area is 317 Å². The topological polar surface area (TPSA) is 51.8 Å². The van der Waals surface area contributed by atoms with E-state index in [1.165, 1.54) is 21.5 Å². The quantitative estimate of drug-likeness (QED) is 0.168. The summed E-state index contributed by atoms with van der Waals surface area (Å²) in [5.41, 5.74) is 11.6. The fourth-order valence-corrected chi connectivity index (χ4v) is 7.99. The summed E-state index contributed by atoms with van der Waals surface area (Å²) < 4.78 is 6.73. The largest absolute Gasteiger partial charge is 0.455 e. The van der Waals surface area contributed by atoms with Gasteiger partial charge in [0.05, 0.1) is 28.0 Å². The molecule has 0 amide bonds. The molecule has 55 heavy (non-hydrogen) atoms. The molecule has 0 aliphatic rings. The van der Waals surface area contributed by atoms with E-state index in [-0.39, 0.29) is 0 Å². The number of nitrogens with zero attached hydrogens (tertiary/aromatic N) is 3. The average molecular weight is 702 g/mol. The van der Waals surface area contributed by atoms with E-state index >= 15 is 0 Å². The molecule has 0 aliphatic heterocycles. The molecular weight excluding hydrogens is 671 g/mol. The summed E-state index contributed by atoms with van der Waals surface area (Å²) in [6, 6.07) is 65.4. The Hall–Kier alpha value is -7.43. The molecule has 4 nitrogen and oxygen atoms in total. The van der Waals surface area contributed by atoms with Crippen LogP contribution in [0.1, 0.15) is 0 Å². The van der Waals surface area contributed by atoms with E-state index in [0.29, 0.717) is 5.82 Å². The number of rotatable bonds is 5. The molecule has 3 aromatic heterocycles. The van der Waals surface area contributed by atoms with Crippen molar-refractivity contribution in [3.8, 4) is 56.3 Å². The highest BCUT2D eigenvalue weighted by Gasteiger charge is 2.21. The Morgan fingerprint density at radius 2 is 0.945 bits per heavy atom. The highest BCUT2D eigenvalue weighted by atomic mass is 16.3. The van der Waals surface area contributed by atoms with E-state index in [1.54, 1.807) is 0 Å². The van der Waals surface area contributed by atoms with Crippen molar-refractivity contribution in [2.75, 3.05) is 0 Å². The van der Waals surface area contributed by atoms with E-state index in [4.69, 9.17) is 19.4 Å². The first-order valence-electron chi connectivity index (χ1n) is 18.5. The minimum Gasteiger partial charge on any atom is -0.455 e. The van der Waals surface area contributed by atoms with Gasteiger partial charge in [0.1, 0.15) is 11.2 Å². The first-order chi connectivity index (χ1) is 27.2. The average Bonchev–Trinajstić information content (AvgIpc) is 3.66. The number of aromatic nitrogens is 3. The second-order valence-electron chi connectivity index (χ2n) is 14.0. The molecule has 256 valence electrons. The van der Waals surface area contributed by atoms with Gasteiger partial charge in [-0.05, 0) is 63.0 Å². The first-order valence-corrected chi connectivity index (χ1v) is 18.5. The third-order valence-corrected chi connectivity index (χ3v) is 10.7. The summed E-state index contributed by atoms with van der Waals surface area (Å²) >= 11 is 0. The third kappa shape index (κ3) is 5.26. The van der Waals surface area contributed by atoms with Gasteiger partial charge in [-0.2, -0.15) is 0 Å². The monoisotopic (exact) mass is 701 g/mol. The van der Waals surface area contributed by atoms with Crippen LogP contribution < -0.4 is 0 Å². The zero-order valence-corrected chi connectivity index (χ0v) is 29.6. The lowest BCUT2D eigenvalue weighted by Crippen LogP contribution is -1.96. The number of fused-ring (bicyclic) bond motifs is 8. The molecule has 0 radical (unpaired) electrons. The number of para-hydroxylation sites is 1. The maximum Gasteiger partial charge on any atom is 0.160 e. The fourth-order valence-electron chi connectivity index (χ4n) is 7.99. The highest BCUT2D eigenvalue weighted by molar-refractivity contribution is 6.23. The molecule has 0 spiro atoms. The van der Waals surface area contributed by atoms with Crippen molar-refractivity contribution in [1.82, 2.24) is 15.0 Å². The Morgan fingerprint density at radius 3 is 1.67 bits per heavy atom. The van der Waals surface area contributed by atoms with E-state index < -0.39 is 0 Å².